The highest BCUT2D eigenvalue weighted by molar-refractivity contribution is 5.89. The number of nitrogens with one attached hydrogen (secondary N) is 3. The molecular weight excluding hydrogens is 282 g/mol. The van der Waals surface area contributed by atoms with E-state index in [1.165, 1.54) is 0 Å². The van der Waals surface area contributed by atoms with Gasteiger partial charge in [-0.05, 0) is 13.8 Å². The highest BCUT2D eigenvalue weighted by Crippen LogP contribution is 2.17. The summed E-state index contributed by atoms with van der Waals surface area (Å²) >= 11 is 0. The maximum absolute atomic E-state index is 11.7. The van der Waals surface area contributed by atoms with Crippen LogP contribution in [0.3, 0.4) is 0 Å². The molecule has 1 heterocycles. The first-order valence-corrected chi connectivity index (χ1v) is 7.35. The van der Waals surface area contributed by atoms with Gasteiger partial charge in [-0.3, -0.25) is 4.79 Å². The standard InChI is InChI=1S/C15H25N5O2/c1-10(2)19-12(21)6-7-16-14(22)20-11-8-17-13(18-9-11)15(3,4)5/h8-10H,6-7H2,1-5H3,(H,19,21)(H2,16,20,22). The third kappa shape index (κ3) is 6.51. The first kappa shape index (κ1) is 17.9. The van der Waals surface area contributed by atoms with Gasteiger partial charge in [0.1, 0.15) is 5.82 Å². The van der Waals surface area contributed by atoms with Crippen molar-refractivity contribution < 1.29 is 9.59 Å². The second-order valence-electron chi connectivity index (χ2n) is 6.40. The Hall–Kier alpha value is -2.18. The number of aromatic nitrogens is 2. The van der Waals surface area contributed by atoms with Crippen LogP contribution in [0.25, 0.3) is 0 Å². The third-order valence-electron chi connectivity index (χ3n) is 2.67. The summed E-state index contributed by atoms with van der Waals surface area (Å²) in [5, 5.41) is 8.00. The molecule has 22 heavy (non-hydrogen) atoms. The molecule has 0 aliphatic heterocycles. The Morgan fingerprint density at radius 1 is 1.18 bits per heavy atom. The van der Waals surface area contributed by atoms with Crippen LogP contribution >= 0.6 is 0 Å². The predicted molar refractivity (Wildman–Crippen MR) is 85.6 cm³/mol. The van der Waals surface area contributed by atoms with E-state index in [1.807, 2.05) is 34.6 Å². The molecule has 1 rings (SSSR count). The van der Waals surface area contributed by atoms with Crippen LogP contribution in [-0.4, -0.2) is 34.5 Å². The van der Waals surface area contributed by atoms with E-state index in [9.17, 15) is 9.59 Å². The molecule has 0 saturated carbocycles. The Bertz CT molecular complexity index is 506. The van der Waals surface area contributed by atoms with E-state index >= 15 is 0 Å². The Labute approximate surface area is 131 Å². The van der Waals surface area contributed by atoms with Gasteiger partial charge in [0, 0.05) is 24.4 Å². The first-order chi connectivity index (χ1) is 10.2. The van der Waals surface area contributed by atoms with Crippen LogP contribution in [0.1, 0.15) is 46.9 Å². The Balaban J connectivity index is 2.38. The van der Waals surface area contributed by atoms with E-state index in [2.05, 4.69) is 25.9 Å². The molecule has 0 spiro atoms. The van der Waals surface area contributed by atoms with Gasteiger partial charge in [0.25, 0.3) is 0 Å². The van der Waals surface area contributed by atoms with Crippen molar-refractivity contribution >= 4 is 17.6 Å². The van der Waals surface area contributed by atoms with Gasteiger partial charge in [-0.1, -0.05) is 20.8 Å². The van der Waals surface area contributed by atoms with Gasteiger partial charge in [-0.2, -0.15) is 0 Å². The smallest absolute Gasteiger partial charge is 0.319 e. The summed E-state index contributed by atoms with van der Waals surface area (Å²) in [5.74, 6) is 0.622. The molecule has 0 aliphatic carbocycles. The fourth-order valence-electron chi connectivity index (χ4n) is 1.64. The maximum Gasteiger partial charge on any atom is 0.319 e. The van der Waals surface area contributed by atoms with Crippen molar-refractivity contribution in [2.45, 2.75) is 52.5 Å². The van der Waals surface area contributed by atoms with Gasteiger partial charge in [0.15, 0.2) is 0 Å². The average Bonchev–Trinajstić information content (AvgIpc) is 2.37. The molecule has 7 heteroatoms. The van der Waals surface area contributed by atoms with Crippen molar-refractivity contribution in [2.24, 2.45) is 0 Å². The van der Waals surface area contributed by atoms with Crippen LogP contribution in [0.15, 0.2) is 12.4 Å². The Kier molecular flexibility index (Phi) is 6.27. The summed E-state index contributed by atoms with van der Waals surface area (Å²) in [6.07, 6.45) is 3.38. The fourth-order valence-corrected chi connectivity index (χ4v) is 1.64. The monoisotopic (exact) mass is 307 g/mol. The van der Waals surface area contributed by atoms with Crippen molar-refractivity contribution in [3.63, 3.8) is 0 Å². The summed E-state index contributed by atoms with van der Waals surface area (Å²) < 4.78 is 0. The van der Waals surface area contributed by atoms with Crippen molar-refractivity contribution in [2.75, 3.05) is 11.9 Å². The molecule has 1 aromatic rings. The lowest BCUT2D eigenvalue weighted by Crippen LogP contribution is -2.35. The molecule has 0 radical (unpaired) electrons. The topological polar surface area (TPSA) is 96.0 Å². The number of hydrogen-bond donors (Lipinski definition) is 3. The molecule has 0 saturated heterocycles. The van der Waals surface area contributed by atoms with E-state index in [1.54, 1.807) is 12.4 Å². The van der Waals surface area contributed by atoms with Gasteiger partial charge < -0.3 is 16.0 Å². The number of hydrogen-bond acceptors (Lipinski definition) is 4. The van der Waals surface area contributed by atoms with E-state index in [0.29, 0.717) is 11.5 Å². The van der Waals surface area contributed by atoms with Crippen molar-refractivity contribution in [1.82, 2.24) is 20.6 Å². The summed E-state index contributed by atoms with van der Waals surface area (Å²) in [4.78, 5) is 31.6. The lowest BCUT2D eigenvalue weighted by Gasteiger charge is -2.16. The summed E-state index contributed by atoms with van der Waals surface area (Å²) in [5.41, 5.74) is 0.377. The predicted octanol–water partition coefficient (Wildman–Crippen LogP) is 1.81. The van der Waals surface area contributed by atoms with Gasteiger partial charge in [0.2, 0.25) is 5.91 Å². The van der Waals surface area contributed by atoms with Crippen molar-refractivity contribution in [3.8, 4) is 0 Å². The zero-order valence-electron chi connectivity index (χ0n) is 13.9. The van der Waals surface area contributed by atoms with Crippen LogP contribution < -0.4 is 16.0 Å². The molecule has 0 aliphatic rings. The molecule has 122 valence electrons. The van der Waals surface area contributed by atoms with Gasteiger partial charge in [0.05, 0.1) is 18.1 Å². The summed E-state index contributed by atoms with van der Waals surface area (Å²) in [6.45, 7) is 10.1. The highest BCUT2D eigenvalue weighted by Gasteiger charge is 2.16. The quantitative estimate of drug-likeness (QED) is 0.773. The van der Waals surface area contributed by atoms with Gasteiger partial charge >= 0.3 is 6.03 Å². The van der Waals surface area contributed by atoms with E-state index < -0.39 is 0 Å². The molecule has 0 unspecified atom stereocenters. The van der Waals surface area contributed by atoms with Gasteiger partial charge in [-0.25, -0.2) is 14.8 Å². The minimum absolute atomic E-state index is 0.0897. The molecule has 0 bridgehead atoms. The van der Waals surface area contributed by atoms with Crippen molar-refractivity contribution in [3.05, 3.63) is 18.2 Å². The first-order valence-electron chi connectivity index (χ1n) is 7.35. The van der Waals surface area contributed by atoms with Crippen LogP contribution in [-0.2, 0) is 10.2 Å². The van der Waals surface area contributed by atoms with E-state index in [0.717, 1.165) is 0 Å². The van der Waals surface area contributed by atoms with Crippen LogP contribution in [0.2, 0.25) is 0 Å². The van der Waals surface area contributed by atoms with E-state index in [-0.39, 0.29) is 36.4 Å². The molecule has 0 fully saturated rings. The molecule has 1 aromatic heterocycles. The lowest BCUT2D eigenvalue weighted by molar-refractivity contribution is -0.121. The SMILES string of the molecule is CC(C)NC(=O)CCNC(=O)Nc1cnc(C(C)(C)C)nc1. The molecule has 0 aromatic carbocycles. The molecule has 7 nitrogen and oxygen atoms in total. The van der Waals surface area contributed by atoms with Crippen LogP contribution in [0.5, 0.6) is 0 Å². The number of carbonyl (C=O) groups is 2. The second-order valence-corrected chi connectivity index (χ2v) is 6.40. The molecular formula is C15H25N5O2. The fraction of sp³-hybridized carbons (Fsp3) is 0.600. The molecule has 0 atom stereocenters. The average molecular weight is 307 g/mol. The lowest BCUT2D eigenvalue weighted by atomic mass is 9.96. The number of anilines is 1. The molecule has 3 amide bonds. The normalized spacial score (nSPS) is 11.2. The largest absolute Gasteiger partial charge is 0.354 e. The number of urea groups is 1. The van der Waals surface area contributed by atoms with Crippen LogP contribution in [0.4, 0.5) is 10.5 Å². The van der Waals surface area contributed by atoms with Crippen LogP contribution in [0, 0.1) is 0 Å². The van der Waals surface area contributed by atoms with Gasteiger partial charge in [-0.15, -0.1) is 0 Å². The number of amides is 3. The van der Waals surface area contributed by atoms with E-state index in [4.69, 9.17) is 0 Å². The number of rotatable bonds is 5. The zero-order chi connectivity index (χ0) is 16.8. The van der Waals surface area contributed by atoms with Crippen molar-refractivity contribution in [1.29, 1.82) is 0 Å². The zero-order valence-corrected chi connectivity index (χ0v) is 13.9. The third-order valence-corrected chi connectivity index (χ3v) is 2.67. The molecule has 3 N–H and O–H groups in total. The summed E-state index contributed by atoms with van der Waals surface area (Å²) in [6, 6.07) is -0.288. The minimum atomic E-state index is -0.385. The minimum Gasteiger partial charge on any atom is -0.354 e. The second kappa shape index (κ2) is 7.72. The summed E-state index contributed by atoms with van der Waals surface area (Å²) in [7, 11) is 0. The maximum atomic E-state index is 11.7. The number of carbonyl (C=O) groups excluding carboxylic acids is 2. The Morgan fingerprint density at radius 2 is 1.77 bits per heavy atom. The highest BCUT2D eigenvalue weighted by atomic mass is 16.2. The number of nitrogens with zero attached hydrogens (tertiary/aromatic N) is 2. The Morgan fingerprint density at radius 3 is 2.27 bits per heavy atom.